The van der Waals surface area contributed by atoms with E-state index in [2.05, 4.69) is 9.97 Å². The molecule has 0 saturated carbocycles. The lowest BCUT2D eigenvalue weighted by atomic mass is 10.2. The third-order valence-electron chi connectivity index (χ3n) is 3.84. The van der Waals surface area contributed by atoms with Crippen LogP contribution in [0.15, 0.2) is 36.5 Å². The molecule has 28 heavy (non-hydrogen) atoms. The van der Waals surface area contributed by atoms with Gasteiger partial charge in [0.25, 0.3) is 0 Å². The van der Waals surface area contributed by atoms with Gasteiger partial charge in [0.2, 0.25) is 0 Å². The molecule has 1 aliphatic rings. The highest BCUT2D eigenvalue weighted by Gasteiger charge is 2.26. The summed E-state index contributed by atoms with van der Waals surface area (Å²) in [6.07, 6.45) is 3.12. The fourth-order valence-corrected chi connectivity index (χ4v) is 2.72. The van der Waals surface area contributed by atoms with Crippen LogP contribution in [0.2, 0.25) is 5.02 Å². The Morgan fingerprint density at radius 3 is 2.82 bits per heavy atom. The first kappa shape index (κ1) is 20.1. The van der Waals surface area contributed by atoms with Crippen molar-refractivity contribution in [1.29, 1.82) is 0 Å². The van der Waals surface area contributed by atoms with Crippen molar-refractivity contribution in [3.63, 3.8) is 0 Å². The molecule has 0 fully saturated rings. The van der Waals surface area contributed by atoms with E-state index in [9.17, 15) is 9.18 Å². The van der Waals surface area contributed by atoms with Crippen LogP contribution in [-0.2, 0) is 11.3 Å². The fraction of sp³-hybridized carbons (Fsp3) is 0.350. The van der Waals surface area contributed by atoms with Crippen molar-refractivity contribution in [3.8, 4) is 5.75 Å². The summed E-state index contributed by atoms with van der Waals surface area (Å²) < 4.78 is 24.7. The number of carbonyl (C=O) groups is 1. The molecule has 2 heterocycles. The maximum Gasteiger partial charge on any atom is 0.410 e. The maximum absolute atomic E-state index is 13.8. The van der Waals surface area contributed by atoms with Crippen molar-refractivity contribution in [1.82, 2.24) is 14.9 Å². The van der Waals surface area contributed by atoms with Crippen LogP contribution in [-0.4, -0.2) is 39.7 Å². The quantitative estimate of drug-likeness (QED) is 0.750. The number of carbonyl (C=O) groups excluding carboxylic acids is 1. The van der Waals surface area contributed by atoms with Gasteiger partial charge in [0, 0.05) is 23.3 Å². The molecule has 0 unspecified atom stereocenters. The third-order valence-corrected chi connectivity index (χ3v) is 4.08. The van der Waals surface area contributed by atoms with Crippen LogP contribution in [0.25, 0.3) is 5.57 Å². The van der Waals surface area contributed by atoms with E-state index in [4.69, 9.17) is 21.1 Å². The van der Waals surface area contributed by atoms with Crippen molar-refractivity contribution in [2.24, 2.45) is 0 Å². The summed E-state index contributed by atoms with van der Waals surface area (Å²) in [7, 11) is 0. The molecule has 0 spiro atoms. The van der Waals surface area contributed by atoms with Crippen LogP contribution in [0.3, 0.4) is 0 Å². The van der Waals surface area contributed by atoms with Crippen LogP contribution < -0.4 is 4.74 Å². The normalized spacial score (nSPS) is 14.0. The van der Waals surface area contributed by atoms with E-state index in [0.29, 0.717) is 29.6 Å². The Labute approximate surface area is 167 Å². The summed E-state index contributed by atoms with van der Waals surface area (Å²) in [6, 6.07) is 5.91. The van der Waals surface area contributed by atoms with Gasteiger partial charge >= 0.3 is 6.09 Å². The number of halogens is 2. The minimum atomic E-state index is -0.551. The number of rotatable bonds is 4. The zero-order valence-electron chi connectivity index (χ0n) is 15.9. The number of amides is 1. The highest BCUT2D eigenvalue weighted by atomic mass is 35.5. The van der Waals surface area contributed by atoms with Crippen molar-refractivity contribution in [3.05, 3.63) is 58.9 Å². The summed E-state index contributed by atoms with van der Waals surface area (Å²) in [5, 5.41) is 0.303. The van der Waals surface area contributed by atoms with E-state index in [1.165, 1.54) is 12.1 Å². The average Bonchev–Trinajstić information content (AvgIpc) is 3.10. The molecule has 0 saturated heterocycles. The van der Waals surface area contributed by atoms with E-state index in [-0.39, 0.29) is 18.4 Å². The number of aromatic nitrogens is 2. The highest BCUT2D eigenvalue weighted by Crippen LogP contribution is 2.23. The summed E-state index contributed by atoms with van der Waals surface area (Å²) in [5.74, 6) is 0.0674. The molecule has 0 bridgehead atoms. The summed E-state index contributed by atoms with van der Waals surface area (Å²) in [4.78, 5) is 22.5. The van der Waals surface area contributed by atoms with Crippen LogP contribution in [0, 0.1) is 5.82 Å². The molecule has 1 amide bonds. The molecule has 1 aromatic heterocycles. The Kier molecular flexibility index (Phi) is 5.84. The molecule has 0 aliphatic carbocycles. The Balaban J connectivity index is 1.63. The molecule has 0 N–H and O–H groups in total. The van der Waals surface area contributed by atoms with Gasteiger partial charge < -0.3 is 14.4 Å². The van der Waals surface area contributed by atoms with Gasteiger partial charge in [0.05, 0.1) is 12.2 Å². The van der Waals surface area contributed by atoms with Crippen LogP contribution in [0.5, 0.6) is 5.75 Å². The number of nitrogens with zero attached hydrogens (tertiary/aromatic N) is 3. The molecule has 0 atom stereocenters. The zero-order chi connectivity index (χ0) is 20.3. The first-order valence-corrected chi connectivity index (χ1v) is 9.16. The predicted octanol–water partition coefficient (Wildman–Crippen LogP) is 4.48. The number of benzene rings is 1. The van der Waals surface area contributed by atoms with Crippen molar-refractivity contribution < 1.29 is 18.7 Å². The van der Waals surface area contributed by atoms with Crippen LogP contribution in [0.1, 0.15) is 32.3 Å². The lowest BCUT2D eigenvalue weighted by Crippen LogP contribution is -2.35. The van der Waals surface area contributed by atoms with Crippen molar-refractivity contribution >= 4 is 23.3 Å². The molecule has 0 radical (unpaired) electrons. The van der Waals surface area contributed by atoms with Gasteiger partial charge in [-0.25, -0.2) is 19.2 Å². The Morgan fingerprint density at radius 1 is 1.32 bits per heavy atom. The molecule has 3 rings (SSSR count). The standard InChI is InChI=1S/C20H21ClFN3O3/c1-20(2,3)28-19(26)25-9-7-13(11-25)18-23-8-6-15(24-18)12-27-17-5-4-14(21)10-16(17)22/h4-8,10H,9,11-12H2,1-3H3. The summed E-state index contributed by atoms with van der Waals surface area (Å²) in [6.45, 7) is 6.36. The van der Waals surface area contributed by atoms with Crippen LogP contribution in [0.4, 0.5) is 9.18 Å². The van der Waals surface area contributed by atoms with E-state index < -0.39 is 11.4 Å². The molecule has 1 aliphatic heterocycles. The Morgan fingerprint density at radius 2 is 2.11 bits per heavy atom. The number of hydrogen-bond acceptors (Lipinski definition) is 5. The van der Waals surface area contributed by atoms with Gasteiger partial charge in [0.1, 0.15) is 12.2 Å². The largest absolute Gasteiger partial charge is 0.484 e. The van der Waals surface area contributed by atoms with Gasteiger partial charge in [0.15, 0.2) is 17.4 Å². The summed E-state index contributed by atoms with van der Waals surface area (Å²) in [5.41, 5.74) is 0.867. The molecule has 6 nitrogen and oxygen atoms in total. The summed E-state index contributed by atoms with van der Waals surface area (Å²) >= 11 is 5.74. The fourth-order valence-electron chi connectivity index (χ4n) is 2.56. The van der Waals surface area contributed by atoms with E-state index in [0.717, 1.165) is 5.57 Å². The smallest absolute Gasteiger partial charge is 0.410 e. The van der Waals surface area contributed by atoms with Gasteiger partial charge in [-0.3, -0.25) is 0 Å². The van der Waals surface area contributed by atoms with Crippen molar-refractivity contribution in [2.75, 3.05) is 13.1 Å². The second-order valence-electron chi connectivity index (χ2n) is 7.33. The zero-order valence-corrected chi connectivity index (χ0v) is 16.7. The minimum absolute atomic E-state index is 0.0805. The maximum atomic E-state index is 13.8. The van der Waals surface area contributed by atoms with Gasteiger partial charge in [-0.2, -0.15) is 0 Å². The minimum Gasteiger partial charge on any atom is -0.484 e. The average molecular weight is 406 g/mol. The highest BCUT2D eigenvalue weighted by molar-refractivity contribution is 6.30. The second-order valence-corrected chi connectivity index (χ2v) is 7.76. The lowest BCUT2D eigenvalue weighted by Gasteiger charge is -2.24. The number of ether oxygens (including phenoxy) is 2. The predicted molar refractivity (Wildman–Crippen MR) is 104 cm³/mol. The first-order chi connectivity index (χ1) is 13.2. The third kappa shape index (κ3) is 5.19. The SMILES string of the molecule is CC(C)(C)OC(=O)N1CC=C(c2nccc(COc3ccc(Cl)cc3F)n2)C1. The van der Waals surface area contributed by atoms with Crippen LogP contribution >= 0.6 is 11.6 Å². The first-order valence-electron chi connectivity index (χ1n) is 8.78. The second kappa shape index (κ2) is 8.14. The molecule has 148 valence electrons. The van der Waals surface area contributed by atoms with Gasteiger partial charge in [-0.15, -0.1) is 0 Å². The molecular weight excluding hydrogens is 385 g/mol. The van der Waals surface area contributed by atoms with E-state index >= 15 is 0 Å². The van der Waals surface area contributed by atoms with E-state index in [1.807, 2.05) is 26.8 Å². The topological polar surface area (TPSA) is 64.5 Å². The van der Waals surface area contributed by atoms with Gasteiger partial charge in [-0.1, -0.05) is 17.7 Å². The van der Waals surface area contributed by atoms with Crippen molar-refractivity contribution in [2.45, 2.75) is 33.0 Å². The number of hydrogen-bond donors (Lipinski definition) is 0. The van der Waals surface area contributed by atoms with E-state index in [1.54, 1.807) is 23.2 Å². The molecule has 2 aromatic rings. The lowest BCUT2D eigenvalue weighted by molar-refractivity contribution is 0.0306. The molecular formula is C20H21ClFN3O3. The Bertz CT molecular complexity index is 912. The monoisotopic (exact) mass is 405 g/mol. The molecule has 8 heteroatoms. The Hall–Kier alpha value is -2.67. The molecule has 1 aromatic carbocycles. The van der Waals surface area contributed by atoms with Gasteiger partial charge in [-0.05, 0) is 45.0 Å².